The van der Waals surface area contributed by atoms with Crippen LogP contribution in [0.25, 0.3) is 5.69 Å². The third-order valence-electron chi connectivity index (χ3n) is 7.92. The molecule has 0 aliphatic carbocycles. The van der Waals surface area contributed by atoms with E-state index in [0.717, 1.165) is 37.7 Å². The van der Waals surface area contributed by atoms with Gasteiger partial charge in [-0.05, 0) is 87.1 Å². The standard InChI is InChI=1S/C31H33N5OS/c1-21-22(2)35(25-9-5-4-6-10-25)23(3)28(21)30-29(27-11-7-8-16-32-27)33-31(38)36(30)26-14-12-24(13-15-26)34-17-19-37-20-18-34/h4-16,29-30H,17-20H2,1-3H3,(H,33,38)/t29-,30-/m0/s1. The molecule has 0 unspecified atom stereocenters. The van der Waals surface area contributed by atoms with E-state index in [1.54, 1.807) is 0 Å². The zero-order valence-corrected chi connectivity index (χ0v) is 22.9. The molecule has 0 radical (unpaired) electrons. The topological polar surface area (TPSA) is 45.6 Å². The van der Waals surface area contributed by atoms with Crippen LogP contribution in [-0.4, -0.2) is 41.0 Å². The number of hydrogen-bond acceptors (Lipinski definition) is 4. The summed E-state index contributed by atoms with van der Waals surface area (Å²) < 4.78 is 7.90. The minimum Gasteiger partial charge on any atom is -0.378 e. The molecule has 4 aromatic rings. The maximum atomic E-state index is 6.01. The van der Waals surface area contributed by atoms with Crippen LogP contribution in [0.3, 0.4) is 0 Å². The highest BCUT2D eigenvalue weighted by Gasteiger charge is 2.43. The molecule has 2 aromatic heterocycles. The average molecular weight is 524 g/mol. The molecular formula is C31H33N5OS. The number of morpholine rings is 1. The minimum atomic E-state index is -0.0777. The molecule has 1 N–H and O–H groups in total. The van der Waals surface area contributed by atoms with Gasteiger partial charge in [-0.2, -0.15) is 0 Å². The maximum Gasteiger partial charge on any atom is 0.174 e. The van der Waals surface area contributed by atoms with Crippen LogP contribution in [0.15, 0.2) is 79.0 Å². The number of hydrogen-bond donors (Lipinski definition) is 1. The third-order valence-corrected chi connectivity index (χ3v) is 8.23. The van der Waals surface area contributed by atoms with Gasteiger partial charge in [0.2, 0.25) is 0 Å². The van der Waals surface area contributed by atoms with Gasteiger partial charge in [0.1, 0.15) is 0 Å². The lowest BCUT2D eigenvalue weighted by atomic mass is 9.93. The molecule has 38 heavy (non-hydrogen) atoms. The van der Waals surface area contributed by atoms with E-state index in [0.29, 0.717) is 5.11 Å². The van der Waals surface area contributed by atoms with E-state index < -0.39 is 0 Å². The summed E-state index contributed by atoms with van der Waals surface area (Å²) in [6.07, 6.45) is 1.86. The zero-order chi connectivity index (χ0) is 26.2. The van der Waals surface area contributed by atoms with E-state index in [1.807, 2.05) is 18.3 Å². The Morgan fingerprint density at radius 3 is 2.18 bits per heavy atom. The lowest BCUT2D eigenvalue weighted by Crippen LogP contribution is -2.36. The predicted molar refractivity (Wildman–Crippen MR) is 157 cm³/mol. The Morgan fingerprint density at radius 2 is 1.50 bits per heavy atom. The van der Waals surface area contributed by atoms with Crippen molar-refractivity contribution in [1.82, 2.24) is 14.9 Å². The highest BCUT2D eigenvalue weighted by atomic mass is 32.1. The van der Waals surface area contributed by atoms with Crippen molar-refractivity contribution in [3.05, 3.63) is 107 Å². The normalized spacial score (nSPS) is 19.6. The Balaban J connectivity index is 1.46. The second kappa shape index (κ2) is 10.2. The summed E-state index contributed by atoms with van der Waals surface area (Å²) in [5.41, 5.74) is 9.46. The highest BCUT2D eigenvalue weighted by molar-refractivity contribution is 7.80. The van der Waals surface area contributed by atoms with Crippen LogP contribution in [0.1, 0.15) is 40.3 Å². The average Bonchev–Trinajstić information content (AvgIpc) is 3.41. The van der Waals surface area contributed by atoms with Crippen LogP contribution in [0.5, 0.6) is 0 Å². The van der Waals surface area contributed by atoms with Crippen LogP contribution < -0.4 is 15.1 Å². The maximum absolute atomic E-state index is 6.01. The largest absolute Gasteiger partial charge is 0.378 e. The van der Waals surface area contributed by atoms with Gasteiger partial charge in [0.25, 0.3) is 0 Å². The number of para-hydroxylation sites is 1. The fourth-order valence-corrected chi connectivity index (χ4v) is 6.32. The van der Waals surface area contributed by atoms with Crippen molar-refractivity contribution in [3.63, 3.8) is 0 Å². The quantitative estimate of drug-likeness (QED) is 0.333. The lowest BCUT2D eigenvalue weighted by Gasteiger charge is -2.31. The molecule has 2 saturated heterocycles. The summed E-state index contributed by atoms with van der Waals surface area (Å²) in [5, 5.41) is 4.34. The van der Waals surface area contributed by atoms with Gasteiger partial charge in [0, 0.05) is 53.3 Å². The van der Waals surface area contributed by atoms with E-state index in [1.165, 1.54) is 33.9 Å². The molecule has 6 nitrogen and oxygen atoms in total. The van der Waals surface area contributed by atoms with Crippen molar-refractivity contribution < 1.29 is 4.74 Å². The monoisotopic (exact) mass is 523 g/mol. The summed E-state index contributed by atoms with van der Waals surface area (Å²) >= 11 is 6.01. The van der Waals surface area contributed by atoms with Crippen molar-refractivity contribution in [2.24, 2.45) is 0 Å². The Kier molecular flexibility index (Phi) is 6.64. The molecule has 194 valence electrons. The van der Waals surface area contributed by atoms with E-state index in [9.17, 15) is 0 Å². The molecule has 0 bridgehead atoms. The van der Waals surface area contributed by atoms with Crippen LogP contribution in [-0.2, 0) is 4.74 Å². The van der Waals surface area contributed by atoms with E-state index in [4.69, 9.17) is 21.9 Å². The van der Waals surface area contributed by atoms with Gasteiger partial charge >= 0.3 is 0 Å². The number of pyridine rings is 1. The number of thiocarbonyl (C=S) groups is 1. The highest BCUT2D eigenvalue weighted by Crippen LogP contribution is 2.45. The zero-order valence-electron chi connectivity index (χ0n) is 22.1. The minimum absolute atomic E-state index is 0.0460. The molecule has 2 fully saturated rings. The van der Waals surface area contributed by atoms with E-state index in [-0.39, 0.29) is 12.1 Å². The smallest absolute Gasteiger partial charge is 0.174 e. The fraction of sp³-hybridized carbons (Fsp3) is 0.290. The SMILES string of the molecule is Cc1c([C@H]2[C@H](c3ccccn3)NC(=S)N2c2ccc(N3CCOCC3)cc2)c(C)n(-c2ccccc2)c1C. The summed E-state index contributed by atoms with van der Waals surface area (Å²) in [4.78, 5) is 9.40. The third kappa shape index (κ3) is 4.25. The number of nitrogens with one attached hydrogen (secondary N) is 1. The molecule has 7 heteroatoms. The molecule has 0 spiro atoms. The number of rotatable bonds is 5. The Morgan fingerprint density at radius 1 is 0.816 bits per heavy atom. The molecule has 6 rings (SSSR count). The molecule has 4 heterocycles. The van der Waals surface area contributed by atoms with Gasteiger partial charge < -0.3 is 24.4 Å². The van der Waals surface area contributed by atoms with Crippen molar-refractivity contribution in [3.8, 4) is 5.69 Å². The lowest BCUT2D eigenvalue weighted by molar-refractivity contribution is 0.122. The molecule has 0 saturated carbocycles. The van der Waals surface area contributed by atoms with Crippen LogP contribution in [0, 0.1) is 20.8 Å². The van der Waals surface area contributed by atoms with Gasteiger partial charge in [0.05, 0.1) is 31.0 Å². The Bertz CT molecular complexity index is 1430. The summed E-state index contributed by atoms with van der Waals surface area (Å²) in [6.45, 7) is 10.0. The summed E-state index contributed by atoms with van der Waals surface area (Å²) in [5.74, 6) is 0. The van der Waals surface area contributed by atoms with Gasteiger partial charge in [-0.25, -0.2) is 0 Å². The molecule has 0 amide bonds. The van der Waals surface area contributed by atoms with Crippen molar-refractivity contribution in [2.45, 2.75) is 32.9 Å². The Hall–Kier alpha value is -3.68. The van der Waals surface area contributed by atoms with Crippen LogP contribution in [0.4, 0.5) is 11.4 Å². The summed E-state index contributed by atoms with van der Waals surface area (Å²) in [6, 6.07) is 25.3. The fourth-order valence-electron chi connectivity index (χ4n) is 5.98. The van der Waals surface area contributed by atoms with Crippen molar-refractivity contribution in [2.75, 3.05) is 36.1 Å². The molecule has 2 aliphatic heterocycles. The number of ether oxygens (including phenoxy) is 1. The van der Waals surface area contributed by atoms with Gasteiger partial charge in [0.15, 0.2) is 5.11 Å². The first-order valence-electron chi connectivity index (χ1n) is 13.2. The second-order valence-electron chi connectivity index (χ2n) is 9.99. The Labute approximate surface area is 229 Å². The predicted octanol–water partition coefficient (Wildman–Crippen LogP) is 5.81. The van der Waals surface area contributed by atoms with Crippen LogP contribution in [0.2, 0.25) is 0 Å². The first-order chi connectivity index (χ1) is 18.5. The molecule has 2 aliphatic rings. The number of anilines is 2. The number of aromatic nitrogens is 2. The first-order valence-corrected chi connectivity index (χ1v) is 13.6. The summed E-state index contributed by atoms with van der Waals surface area (Å²) in [7, 11) is 0. The van der Waals surface area contributed by atoms with Crippen molar-refractivity contribution >= 4 is 28.7 Å². The van der Waals surface area contributed by atoms with Gasteiger partial charge in [-0.3, -0.25) is 4.98 Å². The van der Waals surface area contributed by atoms with Gasteiger partial charge in [-0.15, -0.1) is 0 Å². The number of nitrogens with zero attached hydrogens (tertiary/aromatic N) is 4. The molecule has 2 aromatic carbocycles. The second-order valence-corrected chi connectivity index (χ2v) is 10.4. The van der Waals surface area contributed by atoms with E-state index in [2.05, 4.69) is 101 Å². The molecule has 2 atom stereocenters. The van der Waals surface area contributed by atoms with Crippen LogP contribution >= 0.6 is 12.2 Å². The molecular weight excluding hydrogens is 490 g/mol. The first kappa shape index (κ1) is 24.6. The van der Waals surface area contributed by atoms with Crippen molar-refractivity contribution in [1.29, 1.82) is 0 Å². The van der Waals surface area contributed by atoms with E-state index >= 15 is 0 Å². The van der Waals surface area contributed by atoms with Gasteiger partial charge in [-0.1, -0.05) is 24.3 Å². The number of benzene rings is 2.